The van der Waals surface area contributed by atoms with Gasteiger partial charge in [0.1, 0.15) is 0 Å². The average molecular weight is 425 g/mol. The maximum absolute atomic E-state index is 13.3. The average Bonchev–Trinajstić information content (AvgIpc) is 2.61. The number of aryl methyl sites for hydroxylation is 2. The van der Waals surface area contributed by atoms with Crippen molar-refractivity contribution in [2.24, 2.45) is 0 Å². The van der Waals surface area contributed by atoms with E-state index < -0.39 is 0 Å². The lowest BCUT2D eigenvalue weighted by molar-refractivity contribution is -0.947. The summed E-state index contributed by atoms with van der Waals surface area (Å²) < 4.78 is 1.01. The highest BCUT2D eigenvalue weighted by Gasteiger charge is 2.43. The molecule has 1 aliphatic rings. The van der Waals surface area contributed by atoms with Crippen LogP contribution in [-0.4, -0.2) is 36.1 Å². The van der Waals surface area contributed by atoms with Gasteiger partial charge < -0.3 is 26.8 Å². The van der Waals surface area contributed by atoms with Gasteiger partial charge in [0.15, 0.2) is 6.04 Å². The zero-order valence-corrected chi connectivity index (χ0v) is 18.7. The Morgan fingerprint density at radius 2 is 1.65 bits per heavy atom. The molecule has 2 rings (SSSR count). The number of nitrogens with one attached hydrogen (secondary N) is 1. The minimum atomic E-state index is 0. The second-order valence-electron chi connectivity index (χ2n) is 7.86. The van der Waals surface area contributed by atoms with Gasteiger partial charge in [-0.15, -0.1) is 0 Å². The SMILES string of the molecule is CCCC[N+]1(CCCC)CCCC[C@H]1C(=O)Nc1c(C)cccc1C.[Br-]. The fourth-order valence-corrected chi connectivity index (χ4v) is 4.39. The number of piperidine rings is 1. The summed E-state index contributed by atoms with van der Waals surface area (Å²) in [5.74, 6) is 0.240. The van der Waals surface area contributed by atoms with Crippen LogP contribution in [0.15, 0.2) is 18.2 Å². The highest BCUT2D eigenvalue weighted by molar-refractivity contribution is 5.95. The van der Waals surface area contributed by atoms with E-state index in [0.717, 1.165) is 40.8 Å². The van der Waals surface area contributed by atoms with E-state index >= 15 is 0 Å². The molecule has 0 unspecified atom stereocenters. The number of carbonyl (C=O) groups is 1. The molecule has 4 heteroatoms. The quantitative estimate of drug-likeness (QED) is 0.636. The second kappa shape index (κ2) is 11.1. The molecule has 0 saturated carbocycles. The third-order valence-electron chi connectivity index (χ3n) is 5.94. The third-order valence-corrected chi connectivity index (χ3v) is 5.94. The Morgan fingerprint density at radius 1 is 1.08 bits per heavy atom. The van der Waals surface area contributed by atoms with Gasteiger partial charge in [-0.1, -0.05) is 44.9 Å². The minimum Gasteiger partial charge on any atom is -1.00 e. The number of rotatable bonds is 8. The van der Waals surface area contributed by atoms with Gasteiger partial charge in [-0.25, -0.2) is 0 Å². The van der Waals surface area contributed by atoms with Crippen molar-refractivity contribution >= 4 is 11.6 Å². The molecule has 1 N–H and O–H groups in total. The summed E-state index contributed by atoms with van der Waals surface area (Å²) in [5, 5.41) is 3.30. The molecule has 0 radical (unpaired) electrons. The van der Waals surface area contributed by atoms with Crippen molar-refractivity contribution in [1.29, 1.82) is 0 Å². The Bertz CT molecular complexity index is 545. The first kappa shape index (κ1) is 23.2. The van der Waals surface area contributed by atoms with Gasteiger partial charge in [-0.3, -0.25) is 4.79 Å². The van der Waals surface area contributed by atoms with Crippen LogP contribution in [0.25, 0.3) is 0 Å². The standard InChI is InChI=1S/C22H36N2O.BrH/c1-5-7-15-24(16-8-6-2)17-10-9-14-20(24)22(25)23-21-18(3)12-11-13-19(21)4;/h11-13,20H,5-10,14-17H2,1-4H3;1H/t20-;/m0./s1. The predicted octanol–water partition coefficient (Wildman–Crippen LogP) is 2.22. The number of anilines is 1. The molecule has 0 aliphatic carbocycles. The fourth-order valence-electron chi connectivity index (χ4n) is 4.39. The van der Waals surface area contributed by atoms with Crippen molar-refractivity contribution in [3.63, 3.8) is 0 Å². The van der Waals surface area contributed by atoms with E-state index in [4.69, 9.17) is 0 Å². The van der Waals surface area contributed by atoms with Gasteiger partial charge in [0, 0.05) is 12.1 Å². The molecule has 3 nitrogen and oxygen atoms in total. The summed E-state index contributed by atoms with van der Waals surface area (Å²) >= 11 is 0. The first-order valence-electron chi connectivity index (χ1n) is 10.3. The molecular formula is C22H37BrN2O. The monoisotopic (exact) mass is 424 g/mol. The summed E-state index contributed by atoms with van der Waals surface area (Å²) in [4.78, 5) is 13.3. The van der Waals surface area contributed by atoms with Crippen LogP contribution in [0.2, 0.25) is 0 Å². The van der Waals surface area contributed by atoms with Crippen molar-refractivity contribution in [3.8, 4) is 0 Å². The van der Waals surface area contributed by atoms with Crippen molar-refractivity contribution in [1.82, 2.24) is 0 Å². The molecule has 26 heavy (non-hydrogen) atoms. The van der Waals surface area contributed by atoms with E-state index in [1.165, 1.54) is 45.1 Å². The van der Waals surface area contributed by atoms with E-state index in [1.54, 1.807) is 0 Å². The van der Waals surface area contributed by atoms with Crippen molar-refractivity contribution in [2.45, 2.75) is 78.7 Å². The normalized spacial score (nSPS) is 18.8. The lowest BCUT2D eigenvalue weighted by atomic mass is 9.95. The highest BCUT2D eigenvalue weighted by Crippen LogP contribution is 2.30. The number of para-hydroxylation sites is 1. The van der Waals surface area contributed by atoms with Gasteiger partial charge >= 0.3 is 0 Å². The lowest BCUT2D eigenvalue weighted by Crippen LogP contribution is -3.00. The Morgan fingerprint density at radius 3 is 2.19 bits per heavy atom. The van der Waals surface area contributed by atoms with Crippen LogP contribution in [0.1, 0.15) is 69.9 Å². The molecule has 1 atom stereocenters. The second-order valence-corrected chi connectivity index (χ2v) is 7.86. The largest absolute Gasteiger partial charge is 1.00 e. The maximum Gasteiger partial charge on any atom is 0.282 e. The maximum atomic E-state index is 13.3. The Balaban J connectivity index is 0.00000338. The van der Waals surface area contributed by atoms with Crippen LogP contribution < -0.4 is 22.3 Å². The first-order valence-corrected chi connectivity index (χ1v) is 10.3. The molecule has 1 aliphatic heterocycles. The number of likely N-dealkylation sites (tertiary alicyclic amines) is 1. The number of halogens is 1. The molecular weight excluding hydrogens is 388 g/mol. The molecule has 0 spiro atoms. The number of quaternary nitrogens is 1. The molecule has 0 aromatic heterocycles. The van der Waals surface area contributed by atoms with Crippen molar-refractivity contribution in [2.75, 3.05) is 25.0 Å². The summed E-state index contributed by atoms with van der Waals surface area (Å²) in [7, 11) is 0. The highest BCUT2D eigenvalue weighted by atomic mass is 79.9. The third kappa shape index (κ3) is 5.56. The van der Waals surface area contributed by atoms with Gasteiger partial charge in [0.25, 0.3) is 5.91 Å². The summed E-state index contributed by atoms with van der Waals surface area (Å²) in [6.07, 6.45) is 8.33. The van der Waals surface area contributed by atoms with E-state index in [2.05, 4.69) is 51.2 Å². The van der Waals surface area contributed by atoms with Crippen LogP contribution in [-0.2, 0) is 4.79 Å². The molecule has 1 heterocycles. The minimum absolute atomic E-state index is 0. The van der Waals surface area contributed by atoms with E-state index in [1.807, 2.05) is 0 Å². The van der Waals surface area contributed by atoms with E-state index in [-0.39, 0.29) is 28.9 Å². The lowest BCUT2D eigenvalue weighted by Gasteiger charge is -2.47. The zero-order valence-electron chi connectivity index (χ0n) is 17.1. The smallest absolute Gasteiger partial charge is 0.282 e. The van der Waals surface area contributed by atoms with Gasteiger partial charge in [-0.05, 0) is 50.7 Å². The molecule has 1 aromatic rings. The Kier molecular flexibility index (Phi) is 9.88. The van der Waals surface area contributed by atoms with E-state index in [0.29, 0.717) is 0 Å². The van der Waals surface area contributed by atoms with Crippen LogP contribution in [0, 0.1) is 13.8 Å². The Labute approximate surface area is 170 Å². The molecule has 1 saturated heterocycles. The van der Waals surface area contributed by atoms with Gasteiger partial charge in [-0.2, -0.15) is 0 Å². The number of nitrogens with zero attached hydrogens (tertiary/aromatic N) is 1. The topological polar surface area (TPSA) is 29.1 Å². The molecule has 1 amide bonds. The number of unbranched alkanes of at least 4 members (excludes halogenated alkanes) is 2. The number of amides is 1. The van der Waals surface area contributed by atoms with Gasteiger partial charge in [0.2, 0.25) is 0 Å². The first-order chi connectivity index (χ1) is 12.0. The van der Waals surface area contributed by atoms with Crippen LogP contribution >= 0.6 is 0 Å². The van der Waals surface area contributed by atoms with E-state index in [9.17, 15) is 4.79 Å². The summed E-state index contributed by atoms with van der Waals surface area (Å²) in [6, 6.07) is 6.34. The zero-order chi connectivity index (χ0) is 18.3. The molecule has 148 valence electrons. The van der Waals surface area contributed by atoms with Crippen LogP contribution in [0.5, 0.6) is 0 Å². The summed E-state index contributed by atoms with van der Waals surface area (Å²) in [6.45, 7) is 12.2. The molecule has 1 aromatic carbocycles. The summed E-state index contributed by atoms with van der Waals surface area (Å²) in [5.41, 5.74) is 3.33. The van der Waals surface area contributed by atoms with Crippen LogP contribution in [0.4, 0.5) is 5.69 Å². The van der Waals surface area contributed by atoms with Crippen molar-refractivity contribution in [3.05, 3.63) is 29.3 Å². The Hall–Kier alpha value is -0.870. The predicted molar refractivity (Wildman–Crippen MR) is 107 cm³/mol. The molecule has 0 bridgehead atoms. The molecule has 1 fully saturated rings. The number of carbonyl (C=O) groups excluding carboxylic acids is 1. The number of benzene rings is 1. The van der Waals surface area contributed by atoms with Crippen molar-refractivity contribution < 1.29 is 26.3 Å². The van der Waals surface area contributed by atoms with Crippen LogP contribution in [0.3, 0.4) is 0 Å². The fraction of sp³-hybridized carbons (Fsp3) is 0.682. The number of hydrogen-bond acceptors (Lipinski definition) is 1. The van der Waals surface area contributed by atoms with Gasteiger partial charge in [0.05, 0.1) is 19.6 Å². The number of hydrogen-bond donors (Lipinski definition) is 1.